The summed E-state index contributed by atoms with van der Waals surface area (Å²) < 4.78 is 0. The van der Waals surface area contributed by atoms with Crippen LogP contribution in [0.2, 0.25) is 0 Å². The summed E-state index contributed by atoms with van der Waals surface area (Å²) >= 11 is 1.30. The summed E-state index contributed by atoms with van der Waals surface area (Å²) in [6.07, 6.45) is 4.03. The number of carboxylic acids is 1. The van der Waals surface area contributed by atoms with Crippen LogP contribution in [-0.2, 0) is 9.59 Å². The molecule has 1 aromatic heterocycles. The van der Waals surface area contributed by atoms with Crippen molar-refractivity contribution in [3.8, 4) is 0 Å². The highest BCUT2D eigenvalue weighted by Gasteiger charge is 2.30. The minimum absolute atomic E-state index is 0.139. The van der Waals surface area contributed by atoms with Crippen molar-refractivity contribution in [2.24, 2.45) is 5.92 Å². The van der Waals surface area contributed by atoms with Crippen molar-refractivity contribution in [2.45, 2.75) is 38.1 Å². The summed E-state index contributed by atoms with van der Waals surface area (Å²) in [6, 6.07) is 3.10. The molecule has 2 amide bonds. The van der Waals surface area contributed by atoms with Gasteiger partial charge in [0.1, 0.15) is 0 Å². The molecule has 3 N–H and O–H groups in total. The Hall–Kier alpha value is -1.89. The fourth-order valence-electron chi connectivity index (χ4n) is 2.69. The maximum atomic E-state index is 12.0. The monoisotopic (exact) mass is 324 g/mol. The second-order valence-electron chi connectivity index (χ2n) is 5.42. The Morgan fingerprint density at radius 3 is 2.68 bits per heavy atom. The highest BCUT2D eigenvalue weighted by molar-refractivity contribution is 7.12. The van der Waals surface area contributed by atoms with E-state index >= 15 is 0 Å². The van der Waals surface area contributed by atoms with Crippen LogP contribution in [0.25, 0.3) is 0 Å². The summed E-state index contributed by atoms with van der Waals surface area (Å²) in [5.41, 5.74) is 0. The number of carboxylic acid groups (broad SMARTS) is 1. The molecule has 2 atom stereocenters. The zero-order valence-corrected chi connectivity index (χ0v) is 13.0. The first-order valence-electron chi connectivity index (χ1n) is 7.42. The molecule has 1 fully saturated rings. The van der Waals surface area contributed by atoms with Crippen LogP contribution in [0.15, 0.2) is 17.5 Å². The molecule has 22 heavy (non-hydrogen) atoms. The second-order valence-corrected chi connectivity index (χ2v) is 6.36. The number of carbonyl (C=O) groups excluding carboxylic acids is 2. The van der Waals surface area contributed by atoms with Crippen LogP contribution < -0.4 is 10.6 Å². The zero-order chi connectivity index (χ0) is 15.9. The molecule has 2 rings (SSSR count). The van der Waals surface area contributed by atoms with Gasteiger partial charge in [0.15, 0.2) is 0 Å². The van der Waals surface area contributed by atoms with Gasteiger partial charge < -0.3 is 15.7 Å². The summed E-state index contributed by atoms with van der Waals surface area (Å²) in [5, 5.41) is 16.4. The molecular weight excluding hydrogens is 304 g/mol. The number of thiophene rings is 1. The topological polar surface area (TPSA) is 95.5 Å². The number of carbonyl (C=O) groups is 3. The number of amides is 2. The molecular formula is C15H20N2O4S. The van der Waals surface area contributed by atoms with Gasteiger partial charge in [-0.1, -0.05) is 25.3 Å². The average Bonchev–Trinajstić information content (AvgIpc) is 2.92. The molecule has 1 heterocycles. The molecule has 1 aliphatic carbocycles. The summed E-state index contributed by atoms with van der Waals surface area (Å²) in [7, 11) is 0. The van der Waals surface area contributed by atoms with E-state index in [2.05, 4.69) is 10.6 Å². The first kappa shape index (κ1) is 16.5. The van der Waals surface area contributed by atoms with Crippen LogP contribution in [0.3, 0.4) is 0 Å². The van der Waals surface area contributed by atoms with E-state index in [0.29, 0.717) is 17.7 Å². The Bertz CT molecular complexity index is 530. The molecule has 120 valence electrons. The van der Waals surface area contributed by atoms with Gasteiger partial charge in [-0.15, -0.1) is 11.3 Å². The standard InChI is InChI=1S/C15H20N2O4S/c18-13(9-16-14(19)12-7-4-8-22-12)17-11-6-3-1-2-5-10(11)15(20)21/h4,7-8,10-11H,1-3,5-6,9H2,(H,16,19)(H,17,18)(H,20,21)/t10-,11+/m1/s1. The van der Waals surface area contributed by atoms with E-state index in [9.17, 15) is 19.5 Å². The van der Waals surface area contributed by atoms with Crippen LogP contribution >= 0.6 is 11.3 Å². The Morgan fingerprint density at radius 1 is 1.23 bits per heavy atom. The van der Waals surface area contributed by atoms with E-state index < -0.39 is 11.9 Å². The van der Waals surface area contributed by atoms with Crippen molar-refractivity contribution in [1.29, 1.82) is 0 Å². The van der Waals surface area contributed by atoms with E-state index in [1.807, 2.05) is 0 Å². The smallest absolute Gasteiger partial charge is 0.308 e. The third kappa shape index (κ3) is 4.56. The van der Waals surface area contributed by atoms with Gasteiger partial charge in [-0.2, -0.15) is 0 Å². The van der Waals surface area contributed by atoms with Gasteiger partial charge in [-0.05, 0) is 24.3 Å². The zero-order valence-electron chi connectivity index (χ0n) is 12.2. The lowest BCUT2D eigenvalue weighted by Gasteiger charge is -2.22. The number of aliphatic carboxylic acids is 1. The van der Waals surface area contributed by atoms with Gasteiger partial charge in [0, 0.05) is 6.04 Å². The highest BCUT2D eigenvalue weighted by atomic mass is 32.1. The van der Waals surface area contributed by atoms with Crippen molar-refractivity contribution in [3.05, 3.63) is 22.4 Å². The lowest BCUT2D eigenvalue weighted by Crippen LogP contribution is -2.46. The predicted molar refractivity (Wildman–Crippen MR) is 82.8 cm³/mol. The highest BCUT2D eigenvalue weighted by Crippen LogP contribution is 2.23. The SMILES string of the molecule is O=C(CNC(=O)c1cccs1)N[C@H]1CCCCC[C@H]1C(=O)O. The number of nitrogens with one attached hydrogen (secondary N) is 2. The second kappa shape index (κ2) is 7.93. The maximum absolute atomic E-state index is 12.0. The Balaban J connectivity index is 1.84. The molecule has 7 heteroatoms. The normalized spacial score (nSPS) is 21.6. The van der Waals surface area contributed by atoms with Crippen molar-refractivity contribution in [1.82, 2.24) is 10.6 Å². The Labute approximate surface area is 132 Å². The lowest BCUT2D eigenvalue weighted by molar-refractivity contribution is -0.143. The van der Waals surface area contributed by atoms with Crippen LogP contribution in [0.5, 0.6) is 0 Å². The van der Waals surface area contributed by atoms with Crippen molar-refractivity contribution >= 4 is 29.1 Å². The summed E-state index contributed by atoms with van der Waals surface area (Å²) in [4.78, 5) is 35.6. The van der Waals surface area contributed by atoms with Gasteiger partial charge in [0.2, 0.25) is 5.91 Å². The van der Waals surface area contributed by atoms with Gasteiger partial charge in [0.05, 0.1) is 17.3 Å². The molecule has 0 aliphatic heterocycles. The van der Waals surface area contributed by atoms with Crippen LogP contribution in [-0.4, -0.2) is 35.5 Å². The van der Waals surface area contributed by atoms with E-state index in [-0.39, 0.29) is 24.4 Å². The Morgan fingerprint density at radius 2 is 2.00 bits per heavy atom. The van der Waals surface area contributed by atoms with E-state index in [4.69, 9.17) is 0 Å². The lowest BCUT2D eigenvalue weighted by atomic mass is 9.95. The van der Waals surface area contributed by atoms with Gasteiger partial charge in [-0.3, -0.25) is 14.4 Å². The summed E-state index contributed by atoms with van der Waals surface area (Å²) in [6.45, 7) is -0.139. The van der Waals surface area contributed by atoms with Crippen LogP contribution in [0.1, 0.15) is 41.8 Å². The molecule has 0 radical (unpaired) electrons. The first-order chi connectivity index (χ1) is 10.6. The average molecular weight is 324 g/mol. The fourth-order valence-corrected chi connectivity index (χ4v) is 3.33. The molecule has 1 aliphatic rings. The molecule has 0 unspecified atom stereocenters. The van der Waals surface area contributed by atoms with Crippen molar-refractivity contribution in [2.75, 3.05) is 6.54 Å². The van der Waals surface area contributed by atoms with E-state index in [0.717, 1.165) is 19.3 Å². The van der Waals surface area contributed by atoms with Gasteiger partial charge >= 0.3 is 5.97 Å². The van der Waals surface area contributed by atoms with Crippen molar-refractivity contribution < 1.29 is 19.5 Å². The quantitative estimate of drug-likeness (QED) is 0.717. The fraction of sp³-hybridized carbons (Fsp3) is 0.533. The summed E-state index contributed by atoms with van der Waals surface area (Å²) in [5.74, 6) is -2.04. The van der Waals surface area contributed by atoms with Crippen molar-refractivity contribution in [3.63, 3.8) is 0 Å². The van der Waals surface area contributed by atoms with Gasteiger partial charge in [0.25, 0.3) is 5.91 Å². The Kier molecular flexibility index (Phi) is 5.94. The molecule has 0 aromatic carbocycles. The predicted octanol–water partition coefficient (Wildman–Crippen LogP) is 1.63. The third-order valence-electron chi connectivity index (χ3n) is 3.83. The first-order valence-corrected chi connectivity index (χ1v) is 8.30. The van der Waals surface area contributed by atoms with E-state index in [1.54, 1.807) is 17.5 Å². The van der Waals surface area contributed by atoms with Gasteiger partial charge in [-0.25, -0.2) is 0 Å². The largest absolute Gasteiger partial charge is 0.481 e. The molecule has 1 saturated carbocycles. The van der Waals surface area contributed by atoms with Crippen LogP contribution in [0.4, 0.5) is 0 Å². The minimum Gasteiger partial charge on any atom is -0.481 e. The number of hydrogen-bond acceptors (Lipinski definition) is 4. The third-order valence-corrected chi connectivity index (χ3v) is 4.70. The van der Waals surface area contributed by atoms with Crippen LogP contribution in [0, 0.1) is 5.92 Å². The minimum atomic E-state index is -0.866. The number of hydrogen-bond donors (Lipinski definition) is 3. The number of rotatable bonds is 5. The molecule has 0 spiro atoms. The maximum Gasteiger partial charge on any atom is 0.308 e. The van der Waals surface area contributed by atoms with E-state index in [1.165, 1.54) is 11.3 Å². The molecule has 0 bridgehead atoms. The molecule has 6 nitrogen and oxygen atoms in total. The molecule has 1 aromatic rings. The molecule has 0 saturated heterocycles.